The molecule has 2 aromatic rings. The van der Waals surface area contributed by atoms with Crippen LogP contribution in [0.15, 0.2) is 47.4 Å². The highest BCUT2D eigenvalue weighted by molar-refractivity contribution is 7.92. The second-order valence-corrected chi connectivity index (χ2v) is 10.6. The van der Waals surface area contributed by atoms with E-state index in [1.807, 2.05) is 0 Å². The first-order valence-electron chi connectivity index (χ1n) is 10.1. The third-order valence-corrected chi connectivity index (χ3v) is 7.02. The normalized spacial score (nSPS) is 16.1. The van der Waals surface area contributed by atoms with Gasteiger partial charge in [0.2, 0.25) is 0 Å². The number of halogens is 2. The number of nitrogens with one attached hydrogen (secondary N) is 1. The summed E-state index contributed by atoms with van der Waals surface area (Å²) in [5, 5.41) is 0.164. The van der Waals surface area contributed by atoms with E-state index in [0.29, 0.717) is 18.7 Å². The van der Waals surface area contributed by atoms with E-state index in [4.69, 9.17) is 11.6 Å². The van der Waals surface area contributed by atoms with Gasteiger partial charge in [0.05, 0.1) is 15.6 Å². The topological polar surface area (TPSA) is 69.7 Å². The smallest absolute Gasteiger partial charge is 0.261 e. The summed E-state index contributed by atoms with van der Waals surface area (Å²) >= 11 is 6.18. The van der Waals surface area contributed by atoms with Gasteiger partial charge in [0, 0.05) is 37.3 Å². The Morgan fingerprint density at radius 3 is 2.35 bits per heavy atom. The Hall–Kier alpha value is -2.16. The van der Waals surface area contributed by atoms with Gasteiger partial charge in [-0.05, 0) is 69.7 Å². The van der Waals surface area contributed by atoms with Crippen molar-refractivity contribution in [2.24, 2.45) is 0 Å². The molecule has 1 N–H and O–H groups in total. The van der Waals surface area contributed by atoms with E-state index in [1.54, 1.807) is 11.0 Å². The lowest BCUT2D eigenvalue weighted by molar-refractivity contribution is 0.0749. The molecule has 0 atom stereocenters. The molecule has 0 aliphatic carbocycles. The number of carbonyl (C=O) groups excluding carboxylic acids is 1. The fourth-order valence-corrected chi connectivity index (χ4v) is 4.82. The van der Waals surface area contributed by atoms with Crippen molar-refractivity contribution in [1.82, 2.24) is 9.80 Å². The molecule has 0 aromatic heterocycles. The van der Waals surface area contributed by atoms with E-state index < -0.39 is 15.8 Å². The molecule has 31 heavy (non-hydrogen) atoms. The Balaban J connectivity index is 1.79. The molecule has 6 nitrogen and oxygen atoms in total. The average Bonchev–Trinajstić information content (AvgIpc) is 2.96. The summed E-state index contributed by atoms with van der Waals surface area (Å²) in [7, 11) is -3.98. The predicted molar refractivity (Wildman–Crippen MR) is 121 cm³/mol. The summed E-state index contributed by atoms with van der Waals surface area (Å²) in [5.41, 5.74) is 0.485. The van der Waals surface area contributed by atoms with Crippen molar-refractivity contribution in [3.8, 4) is 0 Å². The Labute approximate surface area is 188 Å². The summed E-state index contributed by atoms with van der Waals surface area (Å²) in [5.74, 6) is -0.707. The first-order chi connectivity index (χ1) is 14.5. The van der Waals surface area contributed by atoms with Crippen LogP contribution in [0.3, 0.4) is 0 Å². The molecule has 1 amide bonds. The number of nitrogens with zero attached hydrogens (tertiary/aromatic N) is 2. The highest BCUT2D eigenvalue weighted by Crippen LogP contribution is 2.27. The number of rotatable bonds is 4. The van der Waals surface area contributed by atoms with Crippen LogP contribution in [0.4, 0.5) is 10.1 Å². The van der Waals surface area contributed by atoms with Crippen molar-refractivity contribution in [2.45, 2.75) is 37.6 Å². The van der Waals surface area contributed by atoms with Crippen molar-refractivity contribution in [3.05, 3.63) is 58.9 Å². The molecular formula is C22H27ClFN3O3S. The van der Waals surface area contributed by atoms with Crippen LogP contribution < -0.4 is 4.72 Å². The molecular weight excluding hydrogens is 441 g/mol. The molecule has 9 heteroatoms. The molecule has 0 bridgehead atoms. The average molecular weight is 468 g/mol. The fourth-order valence-electron chi connectivity index (χ4n) is 3.53. The van der Waals surface area contributed by atoms with Crippen LogP contribution in [0.2, 0.25) is 5.02 Å². The molecule has 1 fully saturated rings. The number of anilines is 1. The van der Waals surface area contributed by atoms with E-state index >= 15 is 0 Å². The lowest BCUT2D eigenvalue weighted by Crippen LogP contribution is -2.44. The summed E-state index contributed by atoms with van der Waals surface area (Å²) in [6.07, 6.45) is 0.862. The highest BCUT2D eigenvalue weighted by atomic mass is 35.5. The van der Waals surface area contributed by atoms with Crippen molar-refractivity contribution in [2.75, 3.05) is 30.9 Å². The first kappa shape index (κ1) is 23.5. The van der Waals surface area contributed by atoms with E-state index in [-0.39, 0.29) is 27.1 Å². The Morgan fingerprint density at radius 2 is 1.71 bits per heavy atom. The minimum absolute atomic E-state index is 0.0329. The van der Waals surface area contributed by atoms with E-state index in [9.17, 15) is 17.6 Å². The largest absolute Gasteiger partial charge is 0.337 e. The fraction of sp³-hybridized carbons (Fsp3) is 0.409. The number of sulfonamides is 1. The Bertz CT molecular complexity index is 1050. The third-order valence-electron chi connectivity index (χ3n) is 5.31. The maximum Gasteiger partial charge on any atom is 0.261 e. The van der Waals surface area contributed by atoms with Gasteiger partial charge in [-0.15, -0.1) is 0 Å². The van der Waals surface area contributed by atoms with Gasteiger partial charge < -0.3 is 4.90 Å². The van der Waals surface area contributed by atoms with Gasteiger partial charge in [0.25, 0.3) is 15.9 Å². The molecule has 0 spiro atoms. The van der Waals surface area contributed by atoms with Crippen LogP contribution in [0, 0.1) is 5.82 Å². The minimum atomic E-state index is -3.98. The quantitative estimate of drug-likeness (QED) is 0.730. The van der Waals surface area contributed by atoms with Crippen molar-refractivity contribution >= 4 is 33.2 Å². The van der Waals surface area contributed by atoms with Gasteiger partial charge in [-0.2, -0.15) is 0 Å². The first-order valence-corrected chi connectivity index (χ1v) is 12.0. The van der Waals surface area contributed by atoms with Crippen LogP contribution in [0.25, 0.3) is 0 Å². The van der Waals surface area contributed by atoms with Gasteiger partial charge in [0.15, 0.2) is 0 Å². The SMILES string of the molecule is CC(C)(C)N1CCCN(C(=O)c2ccc(Cl)c(NS(=O)(=O)c3ccc(F)cc3)c2)CC1. The Morgan fingerprint density at radius 1 is 1.03 bits per heavy atom. The molecule has 1 aliphatic heterocycles. The standard InChI is InChI=1S/C22H27ClFN3O3S/c1-22(2,3)27-12-4-11-26(13-14-27)21(28)16-5-10-19(23)20(15-16)25-31(29,30)18-8-6-17(24)7-9-18/h5-10,15,25H,4,11-14H2,1-3H3. The molecule has 2 aromatic carbocycles. The minimum Gasteiger partial charge on any atom is -0.337 e. The molecule has 0 unspecified atom stereocenters. The molecule has 1 heterocycles. The molecule has 0 radical (unpaired) electrons. The molecule has 1 aliphatic rings. The van der Waals surface area contributed by atoms with Gasteiger partial charge in [-0.3, -0.25) is 14.4 Å². The van der Waals surface area contributed by atoms with Crippen LogP contribution in [-0.2, 0) is 10.0 Å². The number of amides is 1. The third kappa shape index (κ3) is 5.75. The van der Waals surface area contributed by atoms with Crippen molar-refractivity contribution in [1.29, 1.82) is 0 Å². The Kier molecular flexibility index (Phi) is 6.93. The highest BCUT2D eigenvalue weighted by Gasteiger charge is 2.27. The van der Waals surface area contributed by atoms with Crippen LogP contribution in [0.5, 0.6) is 0 Å². The van der Waals surface area contributed by atoms with Crippen LogP contribution >= 0.6 is 11.6 Å². The summed E-state index contributed by atoms with van der Waals surface area (Å²) in [6, 6.07) is 8.99. The molecule has 168 valence electrons. The molecule has 3 rings (SSSR count). The van der Waals surface area contributed by atoms with Crippen molar-refractivity contribution < 1.29 is 17.6 Å². The second-order valence-electron chi connectivity index (χ2n) is 8.56. The maximum absolute atomic E-state index is 13.1. The zero-order chi connectivity index (χ0) is 22.8. The second kappa shape index (κ2) is 9.14. The van der Waals surface area contributed by atoms with Crippen LogP contribution in [0.1, 0.15) is 37.6 Å². The number of carbonyl (C=O) groups is 1. The molecule has 1 saturated heterocycles. The van der Waals surface area contributed by atoms with Gasteiger partial charge >= 0.3 is 0 Å². The lowest BCUT2D eigenvalue weighted by Gasteiger charge is -2.34. The monoisotopic (exact) mass is 467 g/mol. The summed E-state index contributed by atoms with van der Waals surface area (Å²) in [6.45, 7) is 9.37. The summed E-state index contributed by atoms with van der Waals surface area (Å²) in [4.78, 5) is 17.1. The number of benzene rings is 2. The van der Waals surface area contributed by atoms with Gasteiger partial charge in [-0.1, -0.05) is 11.6 Å². The lowest BCUT2D eigenvalue weighted by atomic mass is 10.1. The zero-order valence-corrected chi connectivity index (χ0v) is 19.4. The van der Waals surface area contributed by atoms with E-state index in [2.05, 4.69) is 30.4 Å². The van der Waals surface area contributed by atoms with Crippen LogP contribution in [-0.4, -0.2) is 55.8 Å². The van der Waals surface area contributed by atoms with E-state index in [1.165, 1.54) is 24.3 Å². The van der Waals surface area contributed by atoms with Crippen molar-refractivity contribution in [3.63, 3.8) is 0 Å². The van der Waals surface area contributed by atoms with Gasteiger partial charge in [-0.25, -0.2) is 12.8 Å². The van der Waals surface area contributed by atoms with Gasteiger partial charge in [0.1, 0.15) is 5.82 Å². The number of hydrogen-bond donors (Lipinski definition) is 1. The van der Waals surface area contributed by atoms with E-state index in [0.717, 1.165) is 31.6 Å². The number of hydrogen-bond acceptors (Lipinski definition) is 4. The predicted octanol–water partition coefficient (Wildman–Crippen LogP) is 4.23. The molecule has 0 saturated carbocycles. The summed E-state index contributed by atoms with van der Waals surface area (Å²) < 4.78 is 40.8. The maximum atomic E-state index is 13.1. The zero-order valence-electron chi connectivity index (χ0n) is 17.9.